The predicted molar refractivity (Wildman–Crippen MR) is 106 cm³/mol. The Bertz CT molecular complexity index is 841. The molecule has 2 atom stereocenters. The average molecular weight is 396 g/mol. The first-order valence-electron chi connectivity index (χ1n) is 9.58. The van der Waals surface area contributed by atoms with Crippen molar-refractivity contribution >= 4 is 17.8 Å². The summed E-state index contributed by atoms with van der Waals surface area (Å²) in [7, 11) is 0. The molecule has 7 nitrogen and oxygen atoms in total. The number of rotatable bonds is 7. The third kappa shape index (κ3) is 5.57. The van der Waals surface area contributed by atoms with Crippen LogP contribution in [0, 0.1) is 5.92 Å². The van der Waals surface area contributed by atoms with Gasteiger partial charge in [0.25, 0.3) is 5.91 Å². The van der Waals surface area contributed by atoms with Crippen LogP contribution in [0.2, 0.25) is 0 Å². The van der Waals surface area contributed by atoms with Gasteiger partial charge in [-0.25, -0.2) is 4.79 Å². The van der Waals surface area contributed by atoms with Crippen molar-refractivity contribution in [1.82, 2.24) is 10.2 Å². The molecule has 0 bridgehead atoms. The highest BCUT2D eigenvalue weighted by Gasteiger charge is 2.31. The number of carboxylic acids is 1. The number of nitrogens with zero attached hydrogens (tertiary/aromatic N) is 1. The number of para-hydroxylation sites is 1. The second kappa shape index (κ2) is 9.73. The van der Waals surface area contributed by atoms with E-state index in [1.165, 1.54) is 0 Å². The summed E-state index contributed by atoms with van der Waals surface area (Å²) < 4.78 is 5.50. The number of carbonyl (C=O) groups excluding carboxylic acids is 2. The van der Waals surface area contributed by atoms with Crippen LogP contribution in [0.5, 0.6) is 5.75 Å². The lowest BCUT2D eigenvalue weighted by molar-refractivity contribution is -0.144. The summed E-state index contributed by atoms with van der Waals surface area (Å²) in [5.74, 6) is -1.51. The van der Waals surface area contributed by atoms with Crippen LogP contribution < -0.4 is 10.1 Å². The zero-order chi connectivity index (χ0) is 20.6. The molecule has 2 aromatic rings. The van der Waals surface area contributed by atoms with Crippen molar-refractivity contribution in [1.29, 1.82) is 0 Å². The maximum atomic E-state index is 12.7. The number of likely N-dealkylation sites (tertiary alicyclic amines) is 1. The minimum atomic E-state index is -1.12. The minimum Gasteiger partial charge on any atom is -0.484 e. The van der Waals surface area contributed by atoms with Crippen molar-refractivity contribution in [3.63, 3.8) is 0 Å². The van der Waals surface area contributed by atoms with E-state index in [4.69, 9.17) is 4.74 Å². The Morgan fingerprint density at radius 1 is 1.07 bits per heavy atom. The average Bonchev–Trinajstić information content (AvgIpc) is 2.76. The lowest BCUT2D eigenvalue weighted by Crippen LogP contribution is -2.48. The van der Waals surface area contributed by atoms with Crippen LogP contribution in [0.1, 0.15) is 24.4 Å². The SMILES string of the molecule is O=C(N[C@@H](C(=O)O)c1ccccc1)C1CCCN(C(=O)COc2ccccc2)C1. The highest BCUT2D eigenvalue weighted by molar-refractivity contribution is 5.86. The van der Waals surface area contributed by atoms with Gasteiger partial charge in [-0.3, -0.25) is 9.59 Å². The van der Waals surface area contributed by atoms with E-state index in [-0.39, 0.29) is 25.0 Å². The van der Waals surface area contributed by atoms with Crippen LogP contribution in [0.3, 0.4) is 0 Å². The van der Waals surface area contributed by atoms with Gasteiger partial charge >= 0.3 is 5.97 Å². The van der Waals surface area contributed by atoms with Crippen LogP contribution in [0.25, 0.3) is 0 Å². The van der Waals surface area contributed by atoms with Crippen molar-refractivity contribution in [2.24, 2.45) is 5.92 Å². The fourth-order valence-electron chi connectivity index (χ4n) is 3.36. The number of hydrogen-bond donors (Lipinski definition) is 2. The number of benzene rings is 2. The number of amides is 2. The minimum absolute atomic E-state index is 0.0971. The van der Waals surface area contributed by atoms with E-state index in [0.717, 1.165) is 0 Å². The van der Waals surface area contributed by atoms with Gasteiger partial charge in [-0.05, 0) is 30.5 Å². The normalized spacial score (nSPS) is 17.2. The molecule has 29 heavy (non-hydrogen) atoms. The van der Waals surface area contributed by atoms with Crippen LogP contribution in [-0.2, 0) is 14.4 Å². The molecule has 152 valence electrons. The van der Waals surface area contributed by atoms with Gasteiger partial charge in [-0.1, -0.05) is 48.5 Å². The lowest BCUT2D eigenvalue weighted by atomic mass is 9.96. The van der Waals surface area contributed by atoms with E-state index in [2.05, 4.69) is 5.32 Å². The molecule has 1 aliphatic rings. The summed E-state index contributed by atoms with van der Waals surface area (Å²) >= 11 is 0. The van der Waals surface area contributed by atoms with Crippen LogP contribution >= 0.6 is 0 Å². The second-order valence-electron chi connectivity index (χ2n) is 6.97. The molecule has 1 saturated heterocycles. The van der Waals surface area contributed by atoms with Gasteiger partial charge in [0.15, 0.2) is 12.6 Å². The Labute approximate surface area is 169 Å². The quantitative estimate of drug-likeness (QED) is 0.748. The fourth-order valence-corrected chi connectivity index (χ4v) is 3.36. The Kier molecular flexibility index (Phi) is 6.84. The first-order valence-corrected chi connectivity index (χ1v) is 9.58. The maximum absolute atomic E-state index is 12.7. The van der Waals surface area contributed by atoms with Gasteiger partial charge in [0.1, 0.15) is 5.75 Å². The van der Waals surface area contributed by atoms with E-state index >= 15 is 0 Å². The Balaban J connectivity index is 1.57. The fraction of sp³-hybridized carbons (Fsp3) is 0.318. The molecule has 0 aliphatic carbocycles. The Hall–Kier alpha value is -3.35. The molecule has 1 heterocycles. The number of ether oxygens (including phenoxy) is 1. The smallest absolute Gasteiger partial charge is 0.330 e. The van der Waals surface area contributed by atoms with Crippen LogP contribution in [0.4, 0.5) is 0 Å². The first-order chi connectivity index (χ1) is 14.0. The highest BCUT2D eigenvalue weighted by Crippen LogP contribution is 2.20. The molecule has 2 amide bonds. The summed E-state index contributed by atoms with van der Waals surface area (Å²) in [6, 6.07) is 16.5. The molecule has 2 aromatic carbocycles. The van der Waals surface area contributed by atoms with Crippen molar-refractivity contribution in [3.8, 4) is 5.75 Å². The largest absolute Gasteiger partial charge is 0.484 e. The number of carbonyl (C=O) groups is 3. The van der Waals surface area contributed by atoms with Gasteiger partial charge < -0.3 is 20.1 Å². The van der Waals surface area contributed by atoms with Crippen LogP contribution in [0.15, 0.2) is 60.7 Å². The standard InChI is InChI=1S/C22H24N2O5/c25-19(15-29-18-11-5-2-6-12-18)24-13-7-10-17(14-24)21(26)23-20(22(27)28)16-8-3-1-4-9-16/h1-6,8-9,11-12,17,20H,7,10,13-15H2,(H,23,26)(H,27,28)/t17?,20-/m1/s1. The summed E-state index contributed by atoms with van der Waals surface area (Å²) in [6.07, 6.45) is 1.29. The maximum Gasteiger partial charge on any atom is 0.330 e. The molecular formula is C22H24N2O5. The van der Waals surface area contributed by atoms with E-state index < -0.39 is 17.9 Å². The molecular weight excluding hydrogens is 372 g/mol. The summed E-state index contributed by atoms with van der Waals surface area (Å²) in [5.41, 5.74) is 0.508. The summed E-state index contributed by atoms with van der Waals surface area (Å²) in [6.45, 7) is 0.714. The van der Waals surface area contributed by atoms with Crippen LogP contribution in [-0.4, -0.2) is 47.5 Å². The highest BCUT2D eigenvalue weighted by atomic mass is 16.5. The predicted octanol–water partition coefficient (Wildman–Crippen LogP) is 2.25. The van der Waals surface area contributed by atoms with E-state index in [1.54, 1.807) is 47.4 Å². The molecule has 2 N–H and O–H groups in total. The third-order valence-electron chi connectivity index (χ3n) is 4.92. The molecule has 3 rings (SSSR count). The summed E-state index contributed by atoms with van der Waals surface area (Å²) in [5, 5.41) is 12.1. The first kappa shape index (κ1) is 20.4. The second-order valence-corrected chi connectivity index (χ2v) is 6.97. The van der Waals surface area contributed by atoms with Gasteiger partial charge in [-0.2, -0.15) is 0 Å². The molecule has 1 unspecified atom stereocenters. The van der Waals surface area contributed by atoms with E-state index in [0.29, 0.717) is 30.7 Å². The van der Waals surface area contributed by atoms with E-state index in [9.17, 15) is 19.5 Å². The molecule has 7 heteroatoms. The van der Waals surface area contributed by atoms with E-state index in [1.807, 2.05) is 18.2 Å². The number of hydrogen-bond acceptors (Lipinski definition) is 4. The molecule has 1 aliphatic heterocycles. The van der Waals surface area contributed by atoms with Gasteiger partial charge in [-0.15, -0.1) is 0 Å². The molecule has 0 aromatic heterocycles. The zero-order valence-corrected chi connectivity index (χ0v) is 16.0. The molecule has 0 radical (unpaired) electrons. The summed E-state index contributed by atoms with van der Waals surface area (Å²) in [4.78, 5) is 38.4. The monoisotopic (exact) mass is 396 g/mol. The van der Waals surface area contributed by atoms with Gasteiger partial charge in [0, 0.05) is 13.1 Å². The van der Waals surface area contributed by atoms with Crippen molar-refractivity contribution in [2.45, 2.75) is 18.9 Å². The number of carboxylic acid groups (broad SMARTS) is 1. The molecule has 0 spiro atoms. The third-order valence-corrected chi connectivity index (χ3v) is 4.92. The van der Waals surface area contributed by atoms with Crippen molar-refractivity contribution < 1.29 is 24.2 Å². The van der Waals surface area contributed by atoms with Gasteiger partial charge in [0.05, 0.1) is 5.92 Å². The topological polar surface area (TPSA) is 95.9 Å². The number of aliphatic carboxylic acids is 1. The number of piperidine rings is 1. The van der Waals surface area contributed by atoms with Crippen molar-refractivity contribution in [3.05, 3.63) is 66.2 Å². The lowest BCUT2D eigenvalue weighted by Gasteiger charge is -2.32. The number of nitrogens with one attached hydrogen (secondary N) is 1. The van der Waals surface area contributed by atoms with Crippen molar-refractivity contribution in [2.75, 3.05) is 19.7 Å². The Morgan fingerprint density at radius 3 is 2.38 bits per heavy atom. The molecule has 1 fully saturated rings. The Morgan fingerprint density at radius 2 is 1.72 bits per heavy atom. The van der Waals surface area contributed by atoms with Gasteiger partial charge in [0.2, 0.25) is 5.91 Å². The zero-order valence-electron chi connectivity index (χ0n) is 16.0. The molecule has 0 saturated carbocycles.